The van der Waals surface area contributed by atoms with Crippen LogP contribution < -0.4 is 0 Å². The first-order valence-electron chi connectivity index (χ1n) is 10.4. The molecule has 0 spiro atoms. The minimum Gasteiger partial charge on any atom is -0.352 e. The lowest BCUT2D eigenvalue weighted by Crippen LogP contribution is -2.41. The summed E-state index contributed by atoms with van der Waals surface area (Å²) in [6.07, 6.45) is 5.77. The van der Waals surface area contributed by atoms with Crippen molar-refractivity contribution in [2.24, 2.45) is 4.99 Å². The highest BCUT2D eigenvalue weighted by Crippen LogP contribution is 2.30. The molecule has 3 aromatic carbocycles. The Bertz CT molecular complexity index is 1030. The number of hydrogen-bond donors (Lipinski definition) is 0. The second kappa shape index (κ2) is 7.60. The summed E-state index contributed by atoms with van der Waals surface area (Å²) < 4.78 is 0. The van der Waals surface area contributed by atoms with Crippen molar-refractivity contribution in [3.63, 3.8) is 0 Å². The number of halogens is 1. The molecule has 0 amide bonds. The standard InChI is InChI=1S/C25H25ClN2/c26-24-13-6-12-23(25-27-17-20-10-3-4-16-28(20)25)22(24)15-14-19-9-5-8-18-7-1-2-11-21(18)19/h1-2,5-9,11-13,20H,3-4,10,14-17H2. The number of benzene rings is 3. The van der Waals surface area contributed by atoms with E-state index >= 15 is 0 Å². The summed E-state index contributed by atoms with van der Waals surface area (Å²) in [6.45, 7) is 2.06. The Kier molecular flexibility index (Phi) is 4.82. The van der Waals surface area contributed by atoms with Crippen molar-refractivity contribution in [1.82, 2.24) is 4.90 Å². The van der Waals surface area contributed by atoms with Gasteiger partial charge in [-0.15, -0.1) is 0 Å². The zero-order chi connectivity index (χ0) is 18.9. The number of rotatable bonds is 4. The molecular formula is C25H25ClN2. The summed E-state index contributed by atoms with van der Waals surface area (Å²) in [5.41, 5.74) is 3.85. The number of aryl methyl sites for hydroxylation is 1. The first-order valence-corrected chi connectivity index (χ1v) is 10.7. The predicted molar refractivity (Wildman–Crippen MR) is 119 cm³/mol. The second-order valence-electron chi connectivity index (χ2n) is 7.91. The van der Waals surface area contributed by atoms with Crippen molar-refractivity contribution in [3.05, 3.63) is 82.4 Å². The van der Waals surface area contributed by atoms with Gasteiger partial charge >= 0.3 is 0 Å². The van der Waals surface area contributed by atoms with E-state index < -0.39 is 0 Å². The largest absolute Gasteiger partial charge is 0.352 e. The Morgan fingerprint density at radius 2 is 1.79 bits per heavy atom. The number of fused-ring (bicyclic) bond motifs is 2. The average Bonchev–Trinajstić information content (AvgIpc) is 3.17. The lowest BCUT2D eigenvalue weighted by atomic mass is 9.95. The zero-order valence-corrected chi connectivity index (χ0v) is 16.8. The maximum Gasteiger partial charge on any atom is 0.131 e. The van der Waals surface area contributed by atoms with Crippen LogP contribution in [0.25, 0.3) is 10.8 Å². The fourth-order valence-electron chi connectivity index (χ4n) is 4.78. The molecule has 2 heterocycles. The number of nitrogens with zero attached hydrogens (tertiary/aromatic N) is 2. The average molecular weight is 389 g/mol. The van der Waals surface area contributed by atoms with Gasteiger partial charge in [-0.3, -0.25) is 4.99 Å². The van der Waals surface area contributed by atoms with Gasteiger partial charge in [-0.25, -0.2) is 0 Å². The fraction of sp³-hybridized carbons (Fsp3) is 0.320. The van der Waals surface area contributed by atoms with Crippen LogP contribution in [0.5, 0.6) is 0 Å². The fourth-order valence-corrected chi connectivity index (χ4v) is 5.05. The van der Waals surface area contributed by atoms with E-state index in [-0.39, 0.29) is 0 Å². The molecule has 0 aliphatic carbocycles. The van der Waals surface area contributed by atoms with E-state index in [2.05, 4.69) is 59.5 Å². The van der Waals surface area contributed by atoms with Crippen LogP contribution in [0.1, 0.15) is 36.0 Å². The molecule has 2 aliphatic heterocycles. The normalized spacial score (nSPS) is 19.0. The van der Waals surface area contributed by atoms with Gasteiger partial charge in [0.05, 0.1) is 12.6 Å². The van der Waals surface area contributed by atoms with Crippen LogP contribution in [0.3, 0.4) is 0 Å². The SMILES string of the molecule is Clc1cccc(C2=NCC3CCCCN23)c1CCc1cccc2ccccc12. The molecule has 0 aromatic heterocycles. The molecule has 3 aromatic rings. The minimum atomic E-state index is 0.591. The van der Waals surface area contributed by atoms with Gasteiger partial charge in [0.25, 0.3) is 0 Å². The van der Waals surface area contributed by atoms with Gasteiger partial charge in [0, 0.05) is 17.1 Å². The molecular weight excluding hydrogens is 364 g/mol. The molecule has 5 rings (SSSR count). The lowest BCUT2D eigenvalue weighted by Gasteiger charge is -2.33. The summed E-state index contributed by atoms with van der Waals surface area (Å²) in [4.78, 5) is 7.47. The molecule has 1 unspecified atom stereocenters. The van der Waals surface area contributed by atoms with Crippen molar-refractivity contribution >= 4 is 28.2 Å². The highest BCUT2D eigenvalue weighted by Gasteiger charge is 2.31. The maximum absolute atomic E-state index is 6.69. The molecule has 2 aliphatic rings. The van der Waals surface area contributed by atoms with Gasteiger partial charge < -0.3 is 4.90 Å². The first-order chi connectivity index (χ1) is 13.8. The van der Waals surface area contributed by atoms with Crippen molar-refractivity contribution in [2.45, 2.75) is 38.1 Å². The molecule has 3 heteroatoms. The summed E-state index contributed by atoms with van der Waals surface area (Å²) in [5, 5.41) is 3.50. The van der Waals surface area contributed by atoms with Crippen LogP contribution in [0, 0.1) is 0 Å². The molecule has 1 fully saturated rings. The predicted octanol–water partition coefficient (Wildman–Crippen LogP) is 5.89. The van der Waals surface area contributed by atoms with Gasteiger partial charge in [0.1, 0.15) is 5.84 Å². The summed E-state index contributed by atoms with van der Waals surface area (Å²) >= 11 is 6.69. The smallest absolute Gasteiger partial charge is 0.131 e. The van der Waals surface area contributed by atoms with Crippen LogP contribution in [0.4, 0.5) is 0 Å². The minimum absolute atomic E-state index is 0.591. The Morgan fingerprint density at radius 1 is 0.929 bits per heavy atom. The van der Waals surface area contributed by atoms with E-state index in [1.165, 1.54) is 52.6 Å². The van der Waals surface area contributed by atoms with Crippen LogP contribution in [0.15, 0.2) is 65.7 Å². The number of aliphatic imine (C=N–C) groups is 1. The van der Waals surface area contributed by atoms with Crippen molar-refractivity contribution < 1.29 is 0 Å². The van der Waals surface area contributed by atoms with E-state index in [0.717, 1.165) is 31.0 Å². The quantitative estimate of drug-likeness (QED) is 0.543. The van der Waals surface area contributed by atoms with Gasteiger partial charge in [0.2, 0.25) is 0 Å². The molecule has 0 N–H and O–H groups in total. The van der Waals surface area contributed by atoms with Gasteiger partial charge in [0.15, 0.2) is 0 Å². The third-order valence-corrected chi connectivity index (χ3v) is 6.59. The molecule has 1 atom stereocenters. The van der Waals surface area contributed by atoms with Gasteiger partial charge in [-0.2, -0.15) is 0 Å². The van der Waals surface area contributed by atoms with E-state index in [1.54, 1.807) is 0 Å². The Hall–Kier alpha value is -2.32. The number of hydrogen-bond acceptors (Lipinski definition) is 2. The Labute approximate surface area is 171 Å². The van der Waals surface area contributed by atoms with E-state index in [1.807, 2.05) is 6.07 Å². The summed E-state index contributed by atoms with van der Waals surface area (Å²) in [6, 6.07) is 22.1. The molecule has 142 valence electrons. The topological polar surface area (TPSA) is 15.6 Å². The van der Waals surface area contributed by atoms with Crippen molar-refractivity contribution in [1.29, 1.82) is 0 Å². The lowest BCUT2D eigenvalue weighted by molar-refractivity contribution is 0.269. The zero-order valence-electron chi connectivity index (χ0n) is 16.1. The molecule has 0 saturated carbocycles. The first kappa shape index (κ1) is 17.8. The Morgan fingerprint density at radius 3 is 2.75 bits per heavy atom. The summed E-state index contributed by atoms with van der Waals surface area (Å²) in [5.74, 6) is 1.17. The van der Waals surface area contributed by atoms with Crippen LogP contribution >= 0.6 is 11.6 Å². The molecule has 0 bridgehead atoms. The Balaban J connectivity index is 1.46. The number of piperidine rings is 1. The van der Waals surface area contributed by atoms with Crippen LogP contribution in [-0.4, -0.2) is 29.9 Å². The number of amidine groups is 1. The second-order valence-corrected chi connectivity index (χ2v) is 8.32. The van der Waals surface area contributed by atoms with Crippen LogP contribution in [-0.2, 0) is 12.8 Å². The third-order valence-electron chi connectivity index (χ3n) is 6.24. The molecule has 1 saturated heterocycles. The molecule has 28 heavy (non-hydrogen) atoms. The maximum atomic E-state index is 6.69. The molecule has 2 nitrogen and oxygen atoms in total. The van der Waals surface area contributed by atoms with Crippen molar-refractivity contribution in [2.75, 3.05) is 13.1 Å². The third kappa shape index (κ3) is 3.20. The monoisotopic (exact) mass is 388 g/mol. The highest BCUT2D eigenvalue weighted by molar-refractivity contribution is 6.32. The van der Waals surface area contributed by atoms with E-state index in [4.69, 9.17) is 16.6 Å². The van der Waals surface area contributed by atoms with Crippen molar-refractivity contribution in [3.8, 4) is 0 Å². The molecule has 0 radical (unpaired) electrons. The van der Waals surface area contributed by atoms with E-state index in [0.29, 0.717) is 6.04 Å². The highest BCUT2D eigenvalue weighted by atomic mass is 35.5. The van der Waals surface area contributed by atoms with Crippen LogP contribution in [0.2, 0.25) is 5.02 Å². The van der Waals surface area contributed by atoms with Gasteiger partial charge in [-0.1, -0.05) is 66.2 Å². The summed E-state index contributed by atoms with van der Waals surface area (Å²) in [7, 11) is 0. The van der Waals surface area contributed by atoms with Gasteiger partial charge in [-0.05, 0) is 60.1 Å². The van der Waals surface area contributed by atoms with E-state index in [9.17, 15) is 0 Å².